The smallest absolute Gasteiger partial charge is 0.408 e. The minimum atomic E-state index is -0.977. The summed E-state index contributed by atoms with van der Waals surface area (Å²) in [4.78, 5) is 27.6. The third-order valence-corrected chi connectivity index (χ3v) is 3.46. The van der Waals surface area contributed by atoms with Crippen LogP contribution in [0.4, 0.5) is 4.79 Å². The lowest BCUT2D eigenvalue weighted by atomic mass is 10.1. The summed E-state index contributed by atoms with van der Waals surface area (Å²) in [6.45, 7) is 5.58. The van der Waals surface area contributed by atoms with E-state index >= 15 is 0 Å². The largest absolute Gasteiger partial charge is 0.436 e. The van der Waals surface area contributed by atoms with Crippen LogP contribution >= 0.6 is 0 Å². The van der Waals surface area contributed by atoms with Crippen LogP contribution < -0.4 is 10.6 Å². The summed E-state index contributed by atoms with van der Waals surface area (Å²) < 4.78 is 5.36. The molecule has 0 spiro atoms. The summed E-state index contributed by atoms with van der Waals surface area (Å²) in [5.41, 5.74) is 1.39. The first-order valence-electron chi connectivity index (χ1n) is 8.05. The van der Waals surface area contributed by atoms with Gasteiger partial charge in [0.25, 0.3) is 5.91 Å². The summed E-state index contributed by atoms with van der Waals surface area (Å²) in [6.07, 6.45) is 5.62. The van der Waals surface area contributed by atoms with E-state index in [-0.39, 0.29) is 13.0 Å². The number of H-pyrrole nitrogens is 1. The maximum absolute atomic E-state index is 12.3. The number of alkyl carbamates (subject to hydrolysis) is 1. The van der Waals surface area contributed by atoms with Crippen LogP contribution in [-0.2, 0) is 16.0 Å². The molecule has 0 saturated carbocycles. The quantitative estimate of drug-likeness (QED) is 0.730. The van der Waals surface area contributed by atoms with E-state index in [1.165, 1.54) is 0 Å². The number of amides is 2. The molecule has 6 heteroatoms. The Bertz CT molecular complexity index is 796. The zero-order valence-electron chi connectivity index (χ0n) is 14.7. The zero-order valence-corrected chi connectivity index (χ0v) is 14.7. The third kappa shape index (κ3) is 5.28. The molecule has 1 heterocycles. The lowest BCUT2D eigenvalue weighted by Crippen LogP contribution is -2.46. The Morgan fingerprint density at radius 1 is 1.32 bits per heavy atom. The van der Waals surface area contributed by atoms with E-state index in [9.17, 15) is 9.59 Å². The first kappa shape index (κ1) is 18.4. The molecule has 2 aromatic rings. The second kappa shape index (κ2) is 7.75. The molecule has 0 aliphatic rings. The van der Waals surface area contributed by atoms with E-state index < -0.39 is 23.6 Å². The Balaban J connectivity index is 2.18. The number of fused-ring (bicyclic) bond motifs is 1. The Kier molecular flexibility index (Phi) is 5.71. The van der Waals surface area contributed by atoms with Gasteiger partial charge in [-0.2, -0.15) is 0 Å². The topological polar surface area (TPSA) is 83.2 Å². The van der Waals surface area contributed by atoms with Crippen LogP contribution in [0.3, 0.4) is 0 Å². The molecular weight excluding hydrogens is 318 g/mol. The molecule has 1 aromatic carbocycles. The Morgan fingerprint density at radius 3 is 2.72 bits per heavy atom. The van der Waals surface area contributed by atoms with Crippen molar-refractivity contribution in [1.29, 1.82) is 0 Å². The fourth-order valence-corrected chi connectivity index (χ4v) is 2.40. The molecule has 2 amide bonds. The lowest BCUT2D eigenvalue weighted by molar-refractivity contribution is -0.129. The van der Waals surface area contributed by atoms with Crippen LogP contribution in [-0.4, -0.2) is 35.2 Å². The Labute approximate surface area is 147 Å². The number of aromatic nitrogens is 1. The molecule has 0 aliphatic carbocycles. The van der Waals surface area contributed by atoms with Crippen molar-refractivity contribution >= 4 is 22.9 Å². The number of carbonyl (C=O) groups excluding carboxylic acids is 2. The number of benzene rings is 1. The van der Waals surface area contributed by atoms with Crippen molar-refractivity contribution < 1.29 is 14.3 Å². The number of para-hydroxylation sites is 1. The SMILES string of the molecule is C#CCNC(=O)[C@@H](Cc1c[nH]c2ccccc12)OC(=O)NC(C)(C)C. The predicted octanol–water partition coefficient (Wildman–Crippen LogP) is 2.35. The van der Waals surface area contributed by atoms with Gasteiger partial charge < -0.3 is 20.4 Å². The monoisotopic (exact) mass is 341 g/mol. The number of ether oxygens (including phenoxy) is 1. The van der Waals surface area contributed by atoms with E-state index in [1.807, 2.05) is 51.2 Å². The fourth-order valence-electron chi connectivity index (χ4n) is 2.40. The van der Waals surface area contributed by atoms with Crippen LogP contribution in [0, 0.1) is 12.3 Å². The normalized spacial score (nSPS) is 12.2. The van der Waals surface area contributed by atoms with Crippen LogP contribution in [0.2, 0.25) is 0 Å². The van der Waals surface area contributed by atoms with Crippen LogP contribution in [0.25, 0.3) is 10.9 Å². The van der Waals surface area contributed by atoms with Gasteiger partial charge >= 0.3 is 6.09 Å². The molecule has 25 heavy (non-hydrogen) atoms. The summed E-state index contributed by atoms with van der Waals surface area (Å²) >= 11 is 0. The highest BCUT2D eigenvalue weighted by molar-refractivity contribution is 5.87. The number of carbonyl (C=O) groups is 2. The highest BCUT2D eigenvalue weighted by atomic mass is 16.6. The molecule has 0 saturated heterocycles. The molecule has 0 fully saturated rings. The molecule has 1 atom stereocenters. The minimum Gasteiger partial charge on any atom is -0.436 e. The Hall–Kier alpha value is -2.94. The predicted molar refractivity (Wildman–Crippen MR) is 97.0 cm³/mol. The molecule has 0 aliphatic heterocycles. The van der Waals surface area contributed by atoms with Gasteiger partial charge in [-0.3, -0.25) is 4.79 Å². The van der Waals surface area contributed by atoms with Crippen molar-refractivity contribution in [2.45, 2.75) is 38.8 Å². The third-order valence-electron chi connectivity index (χ3n) is 3.46. The molecule has 1 aromatic heterocycles. The molecular formula is C19H23N3O3. The minimum absolute atomic E-state index is 0.0769. The first-order chi connectivity index (χ1) is 11.8. The molecule has 0 unspecified atom stereocenters. The Morgan fingerprint density at radius 2 is 2.04 bits per heavy atom. The van der Waals surface area contributed by atoms with E-state index in [0.717, 1.165) is 16.5 Å². The maximum Gasteiger partial charge on any atom is 0.408 e. The second-order valence-electron chi connectivity index (χ2n) is 6.75. The van der Waals surface area contributed by atoms with Gasteiger partial charge in [-0.15, -0.1) is 6.42 Å². The molecule has 132 valence electrons. The van der Waals surface area contributed by atoms with Crippen molar-refractivity contribution in [3.05, 3.63) is 36.0 Å². The summed E-state index contributed by atoms with van der Waals surface area (Å²) in [6, 6.07) is 7.74. The number of nitrogens with one attached hydrogen (secondary N) is 3. The standard InChI is InChI=1S/C19H23N3O3/c1-5-10-20-17(23)16(25-18(24)22-19(2,3)4)11-13-12-21-15-9-7-6-8-14(13)15/h1,6-9,12,16,21H,10-11H2,2-4H3,(H,20,23)(H,22,24)/t16-/m1/s1. The van der Waals surface area contributed by atoms with Gasteiger partial charge in [0, 0.05) is 29.1 Å². The second-order valence-corrected chi connectivity index (χ2v) is 6.75. The fraction of sp³-hybridized carbons (Fsp3) is 0.368. The number of terminal acetylenes is 1. The summed E-state index contributed by atoms with van der Waals surface area (Å²) in [5, 5.41) is 6.24. The van der Waals surface area contributed by atoms with Gasteiger partial charge in [-0.1, -0.05) is 24.1 Å². The molecule has 2 rings (SSSR count). The van der Waals surface area contributed by atoms with Crippen LogP contribution in [0.5, 0.6) is 0 Å². The number of rotatable bonds is 5. The lowest BCUT2D eigenvalue weighted by Gasteiger charge is -2.23. The van der Waals surface area contributed by atoms with Gasteiger partial charge in [0.15, 0.2) is 6.10 Å². The van der Waals surface area contributed by atoms with E-state index in [4.69, 9.17) is 11.2 Å². The number of aromatic amines is 1. The van der Waals surface area contributed by atoms with Gasteiger partial charge in [-0.05, 0) is 32.4 Å². The van der Waals surface area contributed by atoms with Crippen molar-refractivity contribution in [3.8, 4) is 12.3 Å². The van der Waals surface area contributed by atoms with E-state index in [1.54, 1.807) is 0 Å². The van der Waals surface area contributed by atoms with Crippen molar-refractivity contribution in [2.24, 2.45) is 0 Å². The van der Waals surface area contributed by atoms with Gasteiger partial charge in [-0.25, -0.2) is 4.79 Å². The highest BCUT2D eigenvalue weighted by Gasteiger charge is 2.26. The highest BCUT2D eigenvalue weighted by Crippen LogP contribution is 2.20. The van der Waals surface area contributed by atoms with Crippen molar-refractivity contribution in [3.63, 3.8) is 0 Å². The number of hydrogen-bond donors (Lipinski definition) is 3. The zero-order chi connectivity index (χ0) is 18.4. The maximum atomic E-state index is 12.3. The summed E-state index contributed by atoms with van der Waals surface area (Å²) in [7, 11) is 0. The number of hydrogen-bond acceptors (Lipinski definition) is 3. The molecule has 0 radical (unpaired) electrons. The van der Waals surface area contributed by atoms with Crippen LogP contribution in [0.1, 0.15) is 26.3 Å². The van der Waals surface area contributed by atoms with Gasteiger partial charge in [0.1, 0.15) is 0 Å². The summed E-state index contributed by atoms with van der Waals surface area (Å²) in [5.74, 6) is 1.92. The average molecular weight is 341 g/mol. The van der Waals surface area contributed by atoms with E-state index in [2.05, 4.69) is 21.5 Å². The van der Waals surface area contributed by atoms with Gasteiger partial charge in [0.2, 0.25) is 0 Å². The first-order valence-corrected chi connectivity index (χ1v) is 8.05. The van der Waals surface area contributed by atoms with Crippen molar-refractivity contribution in [2.75, 3.05) is 6.54 Å². The van der Waals surface area contributed by atoms with Crippen LogP contribution in [0.15, 0.2) is 30.5 Å². The van der Waals surface area contributed by atoms with E-state index in [0.29, 0.717) is 0 Å². The van der Waals surface area contributed by atoms with Gasteiger partial charge in [0.05, 0.1) is 6.54 Å². The average Bonchev–Trinajstić information content (AvgIpc) is 2.93. The molecule has 0 bridgehead atoms. The van der Waals surface area contributed by atoms with Crippen molar-refractivity contribution in [1.82, 2.24) is 15.6 Å². The molecule has 3 N–H and O–H groups in total. The molecule has 6 nitrogen and oxygen atoms in total.